The molecule has 0 saturated heterocycles. The molecule has 0 aliphatic rings. The topological polar surface area (TPSA) is 84.3 Å². The molecule has 0 aliphatic carbocycles. The fourth-order valence-electron chi connectivity index (χ4n) is 1.54. The van der Waals surface area contributed by atoms with Gasteiger partial charge in [0, 0.05) is 12.6 Å². The maximum absolute atomic E-state index is 11.6. The van der Waals surface area contributed by atoms with Gasteiger partial charge < -0.3 is 9.84 Å². The minimum atomic E-state index is -0.551. The molecule has 0 unspecified atom stereocenters. The smallest absolute Gasteiger partial charge is 0.330 e. The van der Waals surface area contributed by atoms with Gasteiger partial charge in [0.2, 0.25) is 0 Å². The summed E-state index contributed by atoms with van der Waals surface area (Å²) >= 11 is 0. The predicted octanol–water partition coefficient (Wildman–Crippen LogP) is 0.435. The molecule has 1 aromatic rings. The predicted molar refractivity (Wildman–Crippen MR) is 75.4 cm³/mol. The summed E-state index contributed by atoms with van der Waals surface area (Å²) < 4.78 is 6.26. The lowest BCUT2D eigenvalue weighted by atomic mass is 10.2. The molecule has 0 amide bonds. The monoisotopic (exact) mass is 280 g/mol. The van der Waals surface area contributed by atoms with E-state index >= 15 is 0 Å². The van der Waals surface area contributed by atoms with Crippen molar-refractivity contribution in [3.63, 3.8) is 0 Å². The first-order valence-electron chi connectivity index (χ1n) is 6.70. The summed E-state index contributed by atoms with van der Waals surface area (Å²) in [6, 6.07) is 0. The van der Waals surface area contributed by atoms with Crippen LogP contribution in [0.1, 0.15) is 38.2 Å². The molecule has 2 N–H and O–H groups in total. The van der Waals surface area contributed by atoms with E-state index < -0.39 is 11.2 Å². The standard InChI is InChI=1S/C14H20N2O4/c1-2-3-4-5-6-7-12-10-16(11-20-9-8-17)14(19)15-13(12)18/h10,17H,2-5,8-9,11H2,1H3,(H,15,18,19). The zero-order valence-electron chi connectivity index (χ0n) is 11.6. The molecule has 0 bridgehead atoms. The number of rotatable bonds is 7. The summed E-state index contributed by atoms with van der Waals surface area (Å²) in [5.41, 5.74) is -0.797. The van der Waals surface area contributed by atoms with E-state index in [1.165, 1.54) is 10.8 Å². The Balaban J connectivity index is 2.77. The number of aliphatic hydroxyl groups is 1. The Bertz CT molecular complexity index is 577. The molecule has 6 nitrogen and oxygen atoms in total. The largest absolute Gasteiger partial charge is 0.394 e. The highest BCUT2D eigenvalue weighted by Gasteiger charge is 2.02. The highest BCUT2D eigenvalue weighted by atomic mass is 16.5. The highest BCUT2D eigenvalue weighted by molar-refractivity contribution is 5.29. The molecule has 20 heavy (non-hydrogen) atoms. The Morgan fingerprint density at radius 3 is 2.90 bits per heavy atom. The number of unbranched alkanes of at least 4 members (excludes halogenated alkanes) is 3. The van der Waals surface area contributed by atoms with Crippen LogP contribution in [0.15, 0.2) is 15.8 Å². The first-order valence-corrected chi connectivity index (χ1v) is 6.70. The van der Waals surface area contributed by atoms with Crippen molar-refractivity contribution in [1.82, 2.24) is 9.55 Å². The maximum Gasteiger partial charge on any atom is 0.330 e. The van der Waals surface area contributed by atoms with E-state index in [-0.39, 0.29) is 25.5 Å². The SMILES string of the molecule is CCCCCC#Cc1cn(COCCO)c(=O)[nH]c1=O. The van der Waals surface area contributed by atoms with Gasteiger partial charge in [-0.05, 0) is 6.42 Å². The van der Waals surface area contributed by atoms with Gasteiger partial charge in [-0.15, -0.1) is 0 Å². The van der Waals surface area contributed by atoms with E-state index in [1.807, 2.05) is 0 Å². The highest BCUT2D eigenvalue weighted by Crippen LogP contribution is 1.97. The second-order valence-electron chi connectivity index (χ2n) is 4.29. The molecule has 0 fully saturated rings. The van der Waals surface area contributed by atoms with Gasteiger partial charge in [0.25, 0.3) is 5.56 Å². The average molecular weight is 280 g/mol. The molecule has 0 aromatic carbocycles. The molecule has 0 aliphatic heterocycles. The number of nitrogens with zero attached hydrogens (tertiary/aromatic N) is 1. The van der Waals surface area contributed by atoms with Crippen LogP contribution in [-0.4, -0.2) is 27.9 Å². The van der Waals surface area contributed by atoms with Crippen LogP contribution in [0.4, 0.5) is 0 Å². The molecule has 0 radical (unpaired) electrons. The van der Waals surface area contributed by atoms with E-state index in [4.69, 9.17) is 9.84 Å². The van der Waals surface area contributed by atoms with Crippen molar-refractivity contribution in [1.29, 1.82) is 0 Å². The number of aliphatic hydroxyl groups excluding tert-OH is 1. The maximum atomic E-state index is 11.6. The van der Waals surface area contributed by atoms with Gasteiger partial charge in [-0.2, -0.15) is 0 Å². The van der Waals surface area contributed by atoms with Crippen LogP contribution >= 0.6 is 0 Å². The fourth-order valence-corrected chi connectivity index (χ4v) is 1.54. The first-order chi connectivity index (χ1) is 9.69. The van der Waals surface area contributed by atoms with E-state index in [2.05, 4.69) is 23.7 Å². The van der Waals surface area contributed by atoms with Gasteiger partial charge in [0.05, 0.1) is 13.2 Å². The summed E-state index contributed by atoms with van der Waals surface area (Å²) in [4.78, 5) is 25.3. The van der Waals surface area contributed by atoms with Crippen molar-refractivity contribution in [2.75, 3.05) is 13.2 Å². The number of aromatic nitrogens is 2. The molecule has 110 valence electrons. The van der Waals surface area contributed by atoms with E-state index in [1.54, 1.807) is 0 Å². The molecule has 6 heteroatoms. The van der Waals surface area contributed by atoms with Gasteiger partial charge in [-0.3, -0.25) is 14.3 Å². The minimum Gasteiger partial charge on any atom is -0.394 e. The first kappa shape index (κ1) is 16.2. The van der Waals surface area contributed by atoms with Crippen molar-refractivity contribution in [2.45, 2.75) is 39.3 Å². The van der Waals surface area contributed by atoms with Gasteiger partial charge in [-0.1, -0.05) is 31.6 Å². The molecule has 0 spiro atoms. The zero-order chi connectivity index (χ0) is 14.8. The van der Waals surface area contributed by atoms with Crippen LogP contribution in [0.2, 0.25) is 0 Å². The molecule has 1 heterocycles. The number of hydrogen-bond donors (Lipinski definition) is 2. The lowest BCUT2D eigenvalue weighted by molar-refractivity contribution is 0.0456. The summed E-state index contributed by atoms with van der Waals surface area (Å²) in [5, 5.41) is 8.61. The average Bonchev–Trinajstić information content (AvgIpc) is 2.43. The van der Waals surface area contributed by atoms with Gasteiger partial charge in [0.15, 0.2) is 0 Å². The Kier molecular flexibility index (Phi) is 7.40. The lowest BCUT2D eigenvalue weighted by Gasteiger charge is -2.05. The third kappa shape index (κ3) is 5.43. The van der Waals surface area contributed by atoms with Crippen LogP contribution in [0, 0.1) is 11.8 Å². The van der Waals surface area contributed by atoms with Crippen molar-refractivity contribution in [3.8, 4) is 11.8 Å². The number of hydrogen-bond acceptors (Lipinski definition) is 4. The molecule has 0 atom stereocenters. The Hall–Kier alpha value is -1.84. The number of ether oxygens (including phenoxy) is 1. The van der Waals surface area contributed by atoms with Crippen molar-refractivity contribution >= 4 is 0 Å². The second kappa shape index (κ2) is 9.13. The quantitative estimate of drug-likeness (QED) is 0.560. The Morgan fingerprint density at radius 1 is 1.40 bits per heavy atom. The zero-order valence-corrected chi connectivity index (χ0v) is 11.6. The number of aromatic amines is 1. The van der Waals surface area contributed by atoms with Crippen LogP contribution < -0.4 is 11.2 Å². The van der Waals surface area contributed by atoms with Gasteiger partial charge in [-0.25, -0.2) is 4.79 Å². The van der Waals surface area contributed by atoms with Crippen molar-refractivity contribution in [2.24, 2.45) is 0 Å². The lowest BCUT2D eigenvalue weighted by Crippen LogP contribution is -2.31. The third-order valence-corrected chi connectivity index (χ3v) is 2.61. The molecular weight excluding hydrogens is 260 g/mol. The number of H-pyrrole nitrogens is 1. The minimum absolute atomic E-state index is 0.0271. The summed E-state index contributed by atoms with van der Waals surface area (Å²) in [6.45, 7) is 2.09. The van der Waals surface area contributed by atoms with E-state index in [0.717, 1.165) is 25.7 Å². The summed E-state index contributed by atoms with van der Waals surface area (Å²) in [7, 11) is 0. The van der Waals surface area contributed by atoms with Gasteiger partial charge in [0.1, 0.15) is 12.3 Å². The van der Waals surface area contributed by atoms with Crippen LogP contribution in [0.3, 0.4) is 0 Å². The second-order valence-corrected chi connectivity index (χ2v) is 4.29. The molecular formula is C14H20N2O4. The normalized spacial score (nSPS) is 10.1. The Labute approximate surface area is 117 Å². The Morgan fingerprint density at radius 2 is 2.20 bits per heavy atom. The van der Waals surface area contributed by atoms with Gasteiger partial charge >= 0.3 is 5.69 Å². The van der Waals surface area contributed by atoms with Crippen LogP contribution in [-0.2, 0) is 11.5 Å². The summed E-state index contributed by atoms with van der Waals surface area (Å²) in [5.74, 6) is 5.70. The van der Waals surface area contributed by atoms with E-state index in [0.29, 0.717) is 0 Å². The fraction of sp³-hybridized carbons (Fsp3) is 0.571. The number of nitrogens with one attached hydrogen (secondary N) is 1. The molecule has 0 saturated carbocycles. The van der Waals surface area contributed by atoms with E-state index in [9.17, 15) is 9.59 Å². The van der Waals surface area contributed by atoms with Crippen LogP contribution in [0.5, 0.6) is 0 Å². The van der Waals surface area contributed by atoms with Crippen molar-refractivity contribution in [3.05, 3.63) is 32.6 Å². The molecule has 1 aromatic heterocycles. The van der Waals surface area contributed by atoms with Crippen molar-refractivity contribution < 1.29 is 9.84 Å². The summed E-state index contributed by atoms with van der Waals surface area (Å²) in [6.07, 6.45) is 5.34. The molecule has 1 rings (SSSR count). The third-order valence-electron chi connectivity index (χ3n) is 2.61. The van der Waals surface area contributed by atoms with Crippen LogP contribution in [0.25, 0.3) is 0 Å².